The average Bonchev–Trinajstić information content (AvgIpc) is 3.31. The van der Waals surface area contributed by atoms with Crippen LogP contribution in [0.1, 0.15) is 57.8 Å². The molecule has 5 rings (SSSR count). The molecule has 0 spiro atoms. The summed E-state index contributed by atoms with van der Waals surface area (Å²) in [6, 6.07) is 8.58. The molecule has 2 aromatic carbocycles. The van der Waals surface area contributed by atoms with Crippen molar-refractivity contribution in [3.8, 4) is 0 Å². The van der Waals surface area contributed by atoms with E-state index < -0.39 is 36.2 Å². The number of fused-ring (bicyclic) bond motifs is 1. The van der Waals surface area contributed by atoms with Crippen LogP contribution in [0.15, 0.2) is 54.9 Å². The average molecular weight is 608 g/mol. The highest BCUT2D eigenvalue weighted by molar-refractivity contribution is 5.62. The monoisotopic (exact) mass is 607 g/mol. The molecule has 0 fully saturated rings. The Bertz CT molecular complexity index is 1570. The Hall–Kier alpha value is -4.23. The third-order valence-electron chi connectivity index (χ3n) is 7.40. The standard InChI is InChI=1S/C29H28F7N7/c1-18-9-23-25(6-4-8-42(16-19-5-3-7-37-15-19)26(23)13-24(18)29(34,35)36)43(27-38-40-41(2)39-27)17-21-10-20(14-30)11-22(12-21)28(31,32)33/h3,5,7,9-13,15,25H,4,6,8,14,16-17H2,1-2H3. The molecule has 43 heavy (non-hydrogen) atoms. The number of rotatable bonds is 7. The fraction of sp³-hybridized carbons (Fsp3) is 0.379. The molecule has 0 N–H and O–H groups in total. The molecule has 0 radical (unpaired) electrons. The third-order valence-corrected chi connectivity index (χ3v) is 7.40. The first-order valence-corrected chi connectivity index (χ1v) is 13.5. The summed E-state index contributed by atoms with van der Waals surface area (Å²) in [5.41, 5.74) is -0.0924. The second kappa shape index (κ2) is 11.8. The first-order valence-electron chi connectivity index (χ1n) is 13.5. The van der Waals surface area contributed by atoms with E-state index >= 15 is 0 Å². The number of nitrogens with zero attached hydrogens (tertiary/aromatic N) is 7. The van der Waals surface area contributed by atoms with Crippen LogP contribution in [-0.4, -0.2) is 31.7 Å². The van der Waals surface area contributed by atoms with E-state index in [1.807, 2.05) is 11.0 Å². The molecule has 7 nitrogen and oxygen atoms in total. The summed E-state index contributed by atoms with van der Waals surface area (Å²) in [5.74, 6) is 0.0796. The van der Waals surface area contributed by atoms with Crippen LogP contribution < -0.4 is 9.80 Å². The van der Waals surface area contributed by atoms with Crippen LogP contribution >= 0.6 is 0 Å². The molecule has 14 heteroatoms. The van der Waals surface area contributed by atoms with Gasteiger partial charge in [0, 0.05) is 37.7 Å². The molecule has 1 aliphatic rings. The van der Waals surface area contributed by atoms with E-state index in [4.69, 9.17) is 0 Å². The maximum atomic E-state index is 14.1. The zero-order valence-corrected chi connectivity index (χ0v) is 23.3. The van der Waals surface area contributed by atoms with E-state index in [2.05, 4.69) is 20.4 Å². The number of aromatic nitrogens is 5. The van der Waals surface area contributed by atoms with Gasteiger partial charge >= 0.3 is 12.4 Å². The van der Waals surface area contributed by atoms with Gasteiger partial charge in [0.25, 0.3) is 5.95 Å². The number of benzene rings is 2. The summed E-state index contributed by atoms with van der Waals surface area (Å²) in [4.78, 5) is 8.79. The molecule has 1 aliphatic heterocycles. The minimum absolute atomic E-state index is 0.00492. The summed E-state index contributed by atoms with van der Waals surface area (Å²) in [5, 5.41) is 12.3. The van der Waals surface area contributed by atoms with Crippen LogP contribution in [0, 0.1) is 6.92 Å². The first-order chi connectivity index (χ1) is 20.3. The van der Waals surface area contributed by atoms with Crippen molar-refractivity contribution in [2.24, 2.45) is 7.05 Å². The summed E-state index contributed by atoms with van der Waals surface area (Å²) in [6.45, 7) is 0.813. The lowest BCUT2D eigenvalue weighted by molar-refractivity contribution is -0.138. The predicted octanol–water partition coefficient (Wildman–Crippen LogP) is 6.97. The molecule has 0 amide bonds. The topological polar surface area (TPSA) is 63.0 Å². The van der Waals surface area contributed by atoms with Crippen molar-refractivity contribution >= 4 is 11.6 Å². The van der Waals surface area contributed by atoms with E-state index in [0.717, 1.165) is 23.8 Å². The van der Waals surface area contributed by atoms with Gasteiger partial charge in [0.2, 0.25) is 0 Å². The van der Waals surface area contributed by atoms with Crippen molar-refractivity contribution in [2.45, 2.75) is 57.9 Å². The fourth-order valence-electron chi connectivity index (χ4n) is 5.52. The maximum Gasteiger partial charge on any atom is 0.416 e. The molecule has 0 saturated carbocycles. The van der Waals surface area contributed by atoms with Gasteiger partial charge in [0.05, 0.1) is 24.2 Å². The summed E-state index contributed by atoms with van der Waals surface area (Å²) >= 11 is 0. The molecule has 4 aromatic rings. The van der Waals surface area contributed by atoms with E-state index in [1.165, 1.54) is 30.9 Å². The van der Waals surface area contributed by atoms with Gasteiger partial charge in [-0.1, -0.05) is 23.3 Å². The Labute approximate surface area is 242 Å². The molecule has 1 atom stereocenters. The van der Waals surface area contributed by atoms with Gasteiger partial charge in [0.1, 0.15) is 6.67 Å². The Morgan fingerprint density at radius 3 is 2.37 bits per heavy atom. The van der Waals surface area contributed by atoms with Crippen LogP contribution in [0.2, 0.25) is 0 Å². The number of alkyl halides is 7. The molecule has 1 unspecified atom stereocenters. The normalized spacial score (nSPS) is 15.7. The number of anilines is 2. The van der Waals surface area contributed by atoms with Crippen LogP contribution in [-0.2, 0) is 39.2 Å². The highest BCUT2D eigenvalue weighted by Gasteiger charge is 2.37. The molecular formula is C29H28F7N7. The van der Waals surface area contributed by atoms with E-state index in [0.29, 0.717) is 37.2 Å². The quantitative estimate of drug-likeness (QED) is 0.212. The van der Waals surface area contributed by atoms with Crippen molar-refractivity contribution in [1.82, 2.24) is 25.2 Å². The van der Waals surface area contributed by atoms with Crippen molar-refractivity contribution in [3.05, 3.63) is 93.8 Å². The van der Waals surface area contributed by atoms with Crippen molar-refractivity contribution in [2.75, 3.05) is 16.3 Å². The number of halogens is 7. The predicted molar refractivity (Wildman–Crippen MR) is 145 cm³/mol. The number of pyridine rings is 1. The number of aryl methyl sites for hydroxylation is 2. The minimum atomic E-state index is -4.71. The van der Waals surface area contributed by atoms with Gasteiger partial charge in [-0.2, -0.15) is 31.1 Å². The Morgan fingerprint density at radius 2 is 1.74 bits per heavy atom. The Morgan fingerprint density at radius 1 is 0.977 bits per heavy atom. The van der Waals surface area contributed by atoms with Gasteiger partial charge < -0.3 is 9.80 Å². The van der Waals surface area contributed by atoms with Crippen molar-refractivity contribution in [1.29, 1.82) is 0 Å². The number of tetrazole rings is 1. The second-order valence-electron chi connectivity index (χ2n) is 10.5. The lowest BCUT2D eigenvalue weighted by Crippen LogP contribution is -2.30. The molecule has 2 aromatic heterocycles. The van der Waals surface area contributed by atoms with Gasteiger partial charge in [-0.25, -0.2) is 4.39 Å². The summed E-state index contributed by atoms with van der Waals surface area (Å²) in [7, 11) is 1.52. The molecule has 0 aliphatic carbocycles. The summed E-state index contributed by atoms with van der Waals surface area (Å²) in [6.07, 6.45) is -5.10. The van der Waals surface area contributed by atoms with Gasteiger partial charge in [-0.15, -0.1) is 5.10 Å². The Balaban J connectivity index is 1.65. The maximum absolute atomic E-state index is 14.1. The Kier molecular flexibility index (Phi) is 8.30. The highest BCUT2D eigenvalue weighted by Crippen LogP contribution is 2.44. The van der Waals surface area contributed by atoms with Gasteiger partial charge in [0.15, 0.2) is 0 Å². The molecular weight excluding hydrogens is 579 g/mol. The molecule has 3 heterocycles. The van der Waals surface area contributed by atoms with Crippen LogP contribution in [0.4, 0.5) is 42.4 Å². The van der Waals surface area contributed by atoms with E-state index in [-0.39, 0.29) is 29.2 Å². The lowest BCUT2D eigenvalue weighted by atomic mass is 9.94. The fourth-order valence-corrected chi connectivity index (χ4v) is 5.52. The smallest absolute Gasteiger partial charge is 0.367 e. The van der Waals surface area contributed by atoms with E-state index in [9.17, 15) is 30.7 Å². The molecule has 0 bridgehead atoms. The number of hydrogen-bond acceptors (Lipinski definition) is 6. The van der Waals surface area contributed by atoms with Crippen molar-refractivity contribution < 1.29 is 30.7 Å². The minimum Gasteiger partial charge on any atom is -0.367 e. The first kappa shape index (κ1) is 30.2. The zero-order chi connectivity index (χ0) is 30.9. The molecule has 228 valence electrons. The summed E-state index contributed by atoms with van der Waals surface area (Å²) < 4.78 is 97.0. The SMILES string of the molecule is Cc1cc2c(cc1C(F)(F)F)N(Cc1cccnc1)CCCC2N(Cc1cc(CF)cc(C(F)(F)F)c1)c1nnn(C)n1. The highest BCUT2D eigenvalue weighted by atomic mass is 19.4. The van der Waals surface area contributed by atoms with Crippen LogP contribution in [0.3, 0.4) is 0 Å². The van der Waals surface area contributed by atoms with Crippen LogP contribution in [0.25, 0.3) is 0 Å². The zero-order valence-electron chi connectivity index (χ0n) is 23.3. The molecule has 0 saturated heterocycles. The van der Waals surface area contributed by atoms with Crippen LogP contribution in [0.5, 0.6) is 0 Å². The lowest BCUT2D eigenvalue weighted by Gasteiger charge is -2.33. The third kappa shape index (κ3) is 6.73. The second-order valence-corrected chi connectivity index (χ2v) is 10.5. The van der Waals surface area contributed by atoms with E-state index in [1.54, 1.807) is 23.4 Å². The van der Waals surface area contributed by atoms with Crippen molar-refractivity contribution in [3.63, 3.8) is 0 Å². The van der Waals surface area contributed by atoms with Gasteiger partial charge in [-0.3, -0.25) is 4.98 Å². The number of hydrogen-bond donors (Lipinski definition) is 0. The van der Waals surface area contributed by atoms with Gasteiger partial charge in [-0.05, 0) is 77.1 Å². The largest absolute Gasteiger partial charge is 0.416 e.